The van der Waals surface area contributed by atoms with Crippen molar-refractivity contribution in [3.63, 3.8) is 0 Å². The minimum atomic E-state index is -0.198. The van der Waals surface area contributed by atoms with Crippen LogP contribution in [-0.4, -0.2) is 24.4 Å². The normalized spacial score (nSPS) is 15.0. The summed E-state index contributed by atoms with van der Waals surface area (Å²) in [4.78, 5) is 23.3. The van der Waals surface area contributed by atoms with E-state index in [0.717, 1.165) is 19.3 Å². The van der Waals surface area contributed by atoms with E-state index in [0.29, 0.717) is 6.54 Å². The summed E-state index contributed by atoms with van der Waals surface area (Å²) in [5.74, 6) is -0.356. The lowest BCUT2D eigenvalue weighted by Crippen LogP contribution is -2.37. The predicted molar refractivity (Wildman–Crippen MR) is 78.2 cm³/mol. The summed E-state index contributed by atoms with van der Waals surface area (Å²) in [5.41, 5.74) is 1.18. The van der Waals surface area contributed by atoms with Gasteiger partial charge in [-0.25, -0.2) is 0 Å². The van der Waals surface area contributed by atoms with Crippen molar-refractivity contribution in [1.29, 1.82) is 0 Å². The smallest absolute Gasteiger partial charge is 0.229 e. The largest absolute Gasteiger partial charge is 0.355 e. The monoisotopic (exact) mass is 274 g/mol. The maximum Gasteiger partial charge on any atom is 0.229 e. The summed E-state index contributed by atoms with van der Waals surface area (Å²) in [6.07, 6.45) is 5.16. The van der Waals surface area contributed by atoms with Crippen molar-refractivity contribution in [2.24, 2.45) is 0 Å². The van der Waals surface area contributed by atoms with Crippen molar-refractivity contribution in [2.45, 2.75) is 44.6 Å². The molecule has 0 aromatic heterocycles. The number of hydrogen-bond acceptors (Lipinski definition) is 2. The second-order valence-corrected chi connectivity index (χ2v) is 5.31. The average Bonchev–Trinajstić information content (AvgIpc) is 2.92. The molecule has 1 aliphatic carbocycles. The van der Waals surface area contributed by atoms with Gasteiger partial charge >= 0.3 is 0 Å². The lowest BCUT2D eigenvalue weighted by atomic mass is 10.1. The van der Waals surface area contributed by atoms with Crippen LogP contribution in [0.5, 0.6) is 0 Å². The Hall–Kier alpha value is -1.84. The van der Waals surface area contributed by atoms with Gasteiger partial charge in [-0.05, 0) is 24.8 Å². The third kappa shape index (κ3) is 5.03. The molecule has 0 spiro atoms. The Morgan fingerprint density at radius 1 is 1.05 bits per heavy atom. The standard InChI is InChI=1S/C16H22N2O2/c19-15(12-16(20)18-14-8-4-5-9-14)17-11-10-13-6-2-1-3-7-13/h1-3,6-7,14H,4-5,8-12H2,(H,17,19)(H,18,20). The first kappa shape index (κ1) is 14.6. The number of carbonyl (C=O) groups is 2. The summed E-state index contributed by atoms with van der Waals surface area (Å²) >= 11 is 0. The highest BCUT2D eigenvalue weighted by Crippen LogP contribution is 2.17. The van der Waals surface area contributed by atoms with Crippen molar-refractivity contribution in [1.82, 2.24) is 10.6 Å². The van der Waals surface area contributed by atoms with Gasteiger partial charge in [0, 0.05) is 12.6 Å². The van der Waals surface area contributed by atoms with E-state index in [1.165, 1.54) is 18.4 Å². The molecule has 1 fully saturated rings. The van der Waals surface area contributed by atoms with Gasteiger partial charge in [0.15, 0.2) is 0 Å². The molecule has 1 aromatic carbocycles. The summed E-state index contributed by atoms with van der Waals surface area (Å²) in [5, 5.41) is 5.71. The van der Waals surface area contributed by atoms with Crippen molar-refractivity contribution in [3.8, 4) is 0 Å². The molecule has 0 saturated heterocycles. The maximum atomic E-state index is 11.7. The van der Waals surface area contributed by atoms with Crippen LogP contribution >= 0.6 is 0 Å². The number of hydrogen-bond donors (Lipinski definition) is 2. The highest BCUT2D eigenvalue weighted by molar-refractivity contribution is 5.96. The van der Waals surface area contributed by atoms with E-state index in [1.807, 2.05) is 30.3 Å². The third-order valence-electron chi connectivity index (χ3n) is 3.62. The molecule has 108 valence electrons. The SMILES string of the molecule is O=C(CC(=O)NC1CCCC1)NCCc1ccccc1. The highest BCUT2D eigenvalue weighted by atomic mass is 16.2. The van der Waals surface area contributed by atoms with Gasteiger partial charge in [0.25, 0.3) is 0 Å². The van der Waals surface area contributed by atoms with E-state index in [4.69, 9.17) is 0 Å². The minimum absolute atomic E-state index is 0.0642. The molecule has 0 aliphatic heterocycles. The van der Waals surface area contributed by atoms with Gasteiger partial charge in [-0.2, -0.15) is 0 Å². The molecule has 0 bridgehead atoms. The molecular weight excluding hydrogens is 252 g/mol. The molecule has 0 atom stereocenters. The topological polar surface area (TPSA) is 58.2 Å². The molecule has 0 heterocycles. The van der Waals surface area contributed by atoms with Gasteiger partial charge in [-0.1, -0.05) is 43.2 Å². The maximum absolute atomic E-state index is 11.7. The van der Waals surface area contributed by atoms with Gasteiger partial charge in [0.05, 0.1) is 0 Å². The zero-order valence-corrected chi connectivity index (χ0v) is 11.7. The van der Waals surface area contributed by atoms with Crippen LogP contribution in [0.4, 0.5) is 0 Å². The van der Waals surface area contributed by atoms with Crippen molar-refractivity contribution < 1.29 is 9.59 Å². The zero-order chi connectivity index (χ0) is 14.2. The zero-order valence-electron chi connectivity index (χ0n) is 11.7. The first-order valence-electron chi connectivity index (χ1n) is 7.34. The van der Waals surface area contributed by atoms with E-state index in [2.05, 4.69) is 10.6 Å². The summed E-state index contributed by atoms with van der Waals surface area (Å²) < 4.78 is 0. The first-order chi connectivity index (χ1) is 9.74. The van der Waals surface area contributed by atoms with E-state index in [9.17, 15) is 9.59 Å². The molecule has 2 N–H and O–H groups in total. The lowest BCUT2D eigenvalue weighted by Gasteiger charge is -2.11. The number of carbonyl (C=O) groups excluding carboxylic acids is 2. The van der Waals surface area contributed by atoms with Crippen LogP contribution in [0.1, 0.15) is 37.7 Å². The fourth-order valence-electron chi connectivity index (χ4n) is 2.55. The van der Waals surface area contributed by atoms with E-state index < -0.39 is 0 Å². The predicted octanol–water partition coefficient (Wildman–Crippen LogP) is 1.79. The summed E-state index contributed by atoms with van der Waals surface area (Å²) in [6, 6.07) is 10.3. The Morgan fingerprint density at radius 3 is 2.45 bits per heavy atom. The third-order valence-corrected chi connectivity index (χ3v) is 3.62. The fourth-order valence-corrected chi connectivity index (χ4v) is 2.55. The van der Waals surface area contributed by atoms with Crippen LogP contribution in [0.15, 0.2) is 30.3 Å². The highest BCUT2D eigenvalue weighted by Gasteiger charge is 2.18. The molecule has 4 nitrogen and oxygen atoms in total. The van der Waals surface area contributed by atoms with Gasteiger partial charge in [0.2, 0.25) is 11.8 Å². The Morgan fingerprint density at radius 2 is 1.75 bits per heavy atom. The lowest BCUT2D eigenvalue weighted by molar-refractivity contribution is -0.129. The second-order valence-electron chi connectivity index (χ2n) is 5.31. The van der Waals surface area contributed by atoms with Crippen LogP contribution in [0.3, 0.4) is 0 Å². The molecule has 4 heteroatoms. The second kappa shape index (κ2) is 7.68. The van der Waals surface area contributed by atoms with Gasteiger partial charge in [-0.15, -0.1) is 0 Å². The van der Waals surface area contributed by atoms with Gasteiger partial charge < -0.3 is 10.6 Å². The van der Waals surface area contributed by atoms with Crippen LogP contribution < -0.4 is 10.6 Å². The molecule has 0 radical (unpaired) electrons. The number of rotatable bonds is 6. The number of benzene rings is 1. The Balaban J connectivity index is 1.61. The Labute approximate surface area is 119 Å². The minimum Gasteiger partial charge on any atom is -0.355 e. The molecule has 2 rings (SSSR count). The van der Waals surface area contributed by atoms with Gasteiger partial charge in [-0.3, -0.25) is 9.59 Å². The molecule has 2 amide bonds. The molecular formula is C16H22N2O2. The summed E-state index contributed by atoms with van der Waals surface area (Å²) in [7, 11) is 0. The molecule has 0 unspecified atom stereocenters. The van der Waals surface area contributed by atoms with Gasteiger partial charge in [0.1, 0.15) is 6.42 Å². The quantitative estimate of drug-likeness (QED) is 0.777. The molecule has 20 heavy (non-hydrogen) atoms. The Bertz CT molecular complexity index is 439. The van der Waals surface area contributed by atoms with Crippen LogP contribution in [0.25, 0.3) is 0 Å². The van der Waals surface area contributed by atoms with Crippen molar-refractivity contribution in [2.75, 3.05) is 6.54 Å². The Kier molecular flexibility index (Phi) is 5.59. The molecule has 1 aromatic rings. The fraction of sp³-hybridized carbons (Fsp3) is 0.500. The van der Waals surface area contributed by atoms with Crippen LogP contribution in [-0.2, 0) is 16.0 Å². The molecule has 1 saturated carbocycles. The number of amides is 2. The van der Waals surface area contributed by atoms with Crippen molar-refractivity contribution >= 4 is 11.8 Å². The average molecular weight is 274 g/mol. The first-order valence-corrected chi connectivity index (χ1v) is 7.34. The van der Waals surface area contributed by atoms with Crippen molar-refractivity contribution in [3.05, 3.63) is 35.9 Å². The van der Waals surface area contributed by atoms with Crippen LogP contribution in [0.2, 0.25) is 0 Å². The number of nitrogens with one attached hydrogen (secondary N) is 2. The van der Waals surface area contributed by atoms with E-state index in [-0.39, 0.29) is 24.3 Å². The van der Waals surface area contributed by atoms with E-state index in [1.54, 1.807) is 0 Å². The summed E-state index contributed by atoms with van der Waals surface area (Å²) in [6.45, 7) is 0.569. The molecule has 1 aliphatic rings. The van der Waals surface area contributed by atoms with Crippen LogP contribution in [0, 0.1) is 0 Å². The van der Waals surface area contributed by atoms with E-state index >= 15 is 0 Å².